The van der Waals surface area contributed by atoms with E-state index in [-0.39, 0.29) is 29.1 Å². The topological polar surface area (TPSA) is 138 Å². The second-order valence-corrected chi connectivity index (χ2v) is 5.81. The number of esters is 1. The monoisotopic (exact) mass is 374 g/mol. The summed E-state index contributed by atoms with van der Waals surface area (Å²) in [5.41, 5.74) is -0.299. The van der Waals surface area contributed by atoms with E-state index in [1.165, 1.54) is 24.3 Å². The van der Waals surface area contributed by atoms with Gasteiger partial charge >= 0.3 is 11.9 Å². The van der Waals surface area contributed by atoms with Crippen LogP contribution in [0, 0.1) is 0 Å². The molecule has 0 heterocycles. The van der Waals surface area contributed by atoms with Gasteiger partial charge in [0.25, 0.3) is 0 Å². The first-order valence-corrected chi connectivity index (χ1v) is 8.21. The Hall–Kier alpha value is -3.42. The van der Waals surface area contributed by atoms with Crippen molar-refractivity contribution in [3.05, 3.63) is 47.1 Å². The molecule has 0 unspecified atom stereocenters. The molecule has 27 heavy (non-hydrogen) atoms. The maximum atomic E-state index is 12.1. The fourth-order valence-corrected chi connectivity index (χ4v) is 2.55. The summed E-state index contributed by atoms with van der Waals surface area (Å²) in [6, 6.07) is 4.08. The third kappa shape index (κ3) is 4.81. The van der Waals surface area contributed by atoms with E-state index in [1.807, 2.05) is 0 Å². The van der Waals surface area contributed by atoms with Crippen LogP contribution in [0.4, 0.5) is 0 Å². The van der Waals surface area contributed by atoms with Gasteiger partial charge in [0.1, 0.15) is 17.9 Å². The molecule has 1 aliphatic carbocycles. The summed E-state index contributed by atoms with van der Waals surface area (Å²) in [6.07, 6.45) is 3.76. The number of hydrogen-bond donors (Lipinski definition) is 3. The number of aliphatic hydroxyl groups excluding tert-OH is 1. The van der Waals surface area contributed by atoms with E-state index in [0.717, 1.165) is 0 Å². The highest BCUT2D eigenvalue weighted by Crippen LogP contribution is 2.34. The van der Waals surface area contributed by atoms with E-state index in [9.17, 15) is 29.4 Å². The number of aliphatic hydroxyl groups is 1. The number of aromatic hydroxyl groups is 1. The maximum absolute atomic E-state index is 12.1. The first-order valence-electron chi connectivity index (χ1n) is 8.21. The Kier molecular flexibility index (Phi) is 6.48. The number of carboxylic acids is 1. The lowest BCUT2D eigenvalue weighted by atomic mass is 9.87. The van der Waals surface area contributed by atoms with Crippen LogP contribution in [0.1, 0.15) is 41.6 Å². The highest BCUT2D eigenvalue weighted by Gasteiger charge is 2.33. The van der Waals surface area contributed by atoms with Crippen molar-refractivity contribution in [2.45, 2.75) is 25.7 Å². The second-order valence-electron chi connectivity index (χ2n) is 5.81. The summed E-state index contributed by atoms with van der Waals surface area (Å²) in [4.78, 5) is 45.6. The Bertz CT molecular complexity index is 847. The number of allylic oxidation sites excluding steroid dienone is 3. The van der Waals surface area contributed by atoms with Gasteiger partial charge in [-0.1, -0.05) is 18.2 Å². The maximum Gasteiger partial charge on any atom is 0.317 e. The summed E-state index contributed by atoms with van der Waals surface area (Å²) in [5, 5.41) is 28.5. The third-order valence-corrected chi connectivity index (χ3v) is 3.84. The molecule has 0 bridgehead atoms. The zero-order valence-electron chi connectivity index (χ0n) is 14.3. The fraction of sp³-hybridized carbons (Fsp3) is 0.263. The van der Waals surface area contributed by atoms with Gasteiger partial charge in [0, 0.05) is 5.56 Å². The lowest BCUT2D eigenvalue weighted by Gasteiger charge is -2.16. The van der Waals surface area contributed by atoms with E-state index in [0.29, 0.717) is 19.3 Å². The average molecular weight is 374 g/mol. The summed E-state index contributed by atoms with van der Waals surface area (Å²) in [7, 11) is 0. The molecular formula is C19H18O8. The summed E-state index contributed by atoms with van der Waals surface area (Å²) >= 11 is 0. The summed E-state index contributed by atoms with van der Waals surface area (Å²) < 4.78 is 4.73. The number of carbonyl (C=O) groups is 4. The number of aliphatic carboxylic acids is 1. The Morgan fingerprint density at radius 3 is 2.52 bits per heavy atom. The van der Waals surface area contributed by atoms with Gasteiger partial charge in [0.2, 0.25) is 11.6 Å². The van der Waals surface area contributed by atoms with Gasteiger partial charge in [-0.15, -0.1) is 0 Å². The molecule has 0 aliphatic heterocycles. The van der Waals surface area contributed by atoms with E-state index in [2.05, 4.69) is 0 Å². The Morgan fingerprint density at radius 2 is 1.81 bits per heavy atom. The molecule has 1 aromatic rings. The molecule has 2 rings (SSSR count). The number of carbonyl (C=O) groups excluding carboxylic acids is 3. The van der Waals surface area contributed by atoms with Crippen molar-refractivity contribution in [3.63, 3.8) is 0 Å². The highest BCUT2D eigenvalue weighted by molar-refractivity contribution is 6.53. The number of carboxylic acid groups (broad SMARTS) is 1. The molecule has 0 saturated carbocycles. The molecule has 0 aromatic heterocycles. The minimum Gasteiger partial charge on any atom is -0.507 e. The average Bonchev–Trinajstić information content (AvgIpc) is 2.60. The van der Waals surface area contributed by atoms with Crippen LogP contribution in [-0.4, -0.2) is 45.4 Å². The minimum absolute atomic E-state index is 0.0437. The lowest BCUT2D eigenvalue weighted by molar-refractivity contribution is -0.151. The second kappa shape index (κ2) is 8.79. The van der Waals surface area contributed by atoms with Crippen molar-refractivity contribution in [2.75, 3.05) is 6.61 Å². The van der Waals surface area contributed by atoms with Crippen LogP contribution in [0.3, 0.4) is 0 Å². The number of phenols is 1. The van der Waals surface area contributed by atoms with Crippen LogP contribution < -0.4 is 0 Å². The Balaban J connectivity index is 1.93. The fourth-order valence-electron chi connectivity index (χ4n) is 2.55. The quantitative estimate of drug-likeness (QED) is 0.272. The number of rotatable bonds is 8. The van der Waals surface area contributed by atoms with E-state index in [4.69, 9.17) is 9.84 Å². The number of benzene rings is 1. The van der Waals surface area contributed by atoms with Crippen LogP contribution in [0.2, 0.25) is 0 Å². The van der Waals surface area contributed by atoms with Gasteiger partial charge in [-0.05, 0) is 31.4 Å². The van der Waals surface area contributed by atoms with Gasteiger partial charge in [-0.2, -0.15) is 0 Å². The standard InChI is InChI=1S/C19H18O8/c20-13-8-5-7-11-16(13)17(24)12(19(26)18(11)25)6-3-1-2-4-9-27-15(23)10-14(21)22/h3,5-8,20,24H,1-2,4,9-10H2,(H,21,22)/b6-3+. The van der Waals surface area contributed by atoms with E-state index in [1.54, 1.807) is 6.08 Å². The van der Waals surface area contributed by atoms with Crippen molar-refractivity contribution in [1.82, 2.24) is 0 Å². The molecule has 0 atom stereocenters. The molecule has 1 aliphatic rings. The molecule has 0 amide bonds. The van der Waals surface area contributed by atoms with E-state index >= 15 is 0 Å². The SMILES string of the molecule is O=C(O)CC(=O)OCCCC/C=C/C1=C(O)c2c(O)cccc2C(=O)C1=O. The number of phenolic OH excluding ortho intramolecular Hbond substituents is 1. The zero-order chi connectivity index (χ0) is 20.0. The number of ketones is 2. The van der Waals surface area contributed by atoms with Gasteiger partial charge in [-0.3, -0.25) is 19.2 Å². The van der Waals surface area contributed by atoms with Crippen LogP contribution in [0.25, 0.3) is 5.76 Å². The van der Waals surface area contributed by atoms with Crippen LogP contribution >= 0.6 is 0 Å². The lowest BCUT2D eigenvalue weighted by Crippen LogP contribution is -2.23. The Labute approximate surface area is 154 Å². The van der Waals surface area contributed by atoms with Crippen molar-refractivity contribution < 1.29 is 39.2 Å². The summed E-state index contributed by atoms with van der Waals surface area (Å²) in [6.45, 7) is 0.0760. The molecule has 8 heteroatoms. The molecule has 0 radical (unpaired) electrons. The zero-order valence-corrected chi connectivity index (χ0v) is 14.3. The molecule has 0 saturated heterocycles. The normalized spacial score (nSPS) is 13.8. The number of fused-ring (bicyclic) bond motifs is 1. The van der Waals surface area contributed by atoms with Gasteiger partial charge in [0.05, 0.1) is 17.7 Å². The van der Waals surface area contributed by atoms with Crippen molar-refractivity contribution in [1.29, 1.82) is 0 Å². The van der Waals surface area contributed by atoms with Gasteiger partial charge in [-0.25, -0.2) is 0 Å². The highest BCUT2D eigenvalue weighted by atomic mass is 16.5. The first-order chi connectivity index (χ1) is 12.8. The minimum atomic E-state index is -1.25. The Morgan fingerprint density at radius 1 is 1.07 bits per heavy atom. The van der Waals surface area contributed by atoms with Crippen LogP contribution in [0.5, 0.6) is 5.75 Å². The number of unbranched alkanes of at least 4 members (excludes halogenated alkanes) is 2. The number of Topliss-reactive ketones (excluding diaryl/α,β-unsaturated/α-hetero) is 2. The van der Waals surface area contributed by atoms with Gasteiger partial charge < -0.3 is 20.1 Å². The smallest absolute Gasteiger partial charge is 0.317 e. The summed E-state index contributed by atoms with van der Waals surface area (Å²) in [5.74, 6) is -4.46. The molecule has 8 nitrogen and oxygen atoms in total. The molecule has 3 N–H and O–H groups in total. The largest absolute Gasteiger partial charge is 0.507 e. The number of ether oxygens (including phenoxy) is 1. The van der Waals surface area contributed by atoms with E-state index < -0.39 is 35.7 Å². The predicted molar refractivity (Wildman–Crippen MR) is 93.2 cm³/mol. The molecule has 0 fully saturated rings. The third-order valence-electron chi connectivity index (χ3n) is 3.84. The molecule has 142 valence electrons. The van der Waals surface area contributed by atoms with Crippen molar-refractivity contribution in [3.8, 4) is 5.75 Å². The first kappa shape index (κ1) is 19.9. The molecule has 1 aromatic carbocycles. The van der Waals surface area contributed by atoms with Crippen LogP contribution in [-0.2, 0) is 19.1 Å². The van der Waals surface area contributed by atoms with Crippen molar-refractivity contribution >= 4 is 29.3 Å². The number of hydrogen-bond acceptors (Lipinski definition) is 7. The molecule has 0 spiro atoms. The predicted octanol–water partition coefficient (Wildman–Crippen LogP) is 2.17. The molecular weight excluding hydrogens is 356 g/mol. The van der Waals surface area contributed by atoms with Crippen LogP contribution in [0.15, 0.2) is 35.9 Å². The van der Waals surface area contributed by atoms with Crippen molar-refractivity contribution in [2.24, 2.45) is 0 Å². The van der Waals surface area contributed by atoms with Gasteiger partial charge in [0.15, 0.2) is 0 Å².